The van der Waals surface area contributed by atoms with Crippen LogP contribution in [-0.4, -0.2) is 72.5 Å². The van der Waals surface area contributed by atoms with E-state index in [4.69, 9.17) is 9.47 Å². The normalized spacial score (nSPS) is 14.5. The molecule has 2 aromatic rings. The van der Waals surface area contributed by atoms with Gasteiger partial charge in [0.25, 0.3) is 0 Å². The molecule has 7 nitrogen and oxygen atoms in total. The van der Waals surface area contributed by atoms with Gasteiger partial charge in [-0.1, -0.05) is 30.3 Å². The third-order valence-corrected chi connectivity index (χ3v) is 5.31. The van der Waals surface area contributed by atoms with Crippen molar-refractivity contribution in [3.63, 3.8) is 0 Å². The molecule has 188 valence electrons. The van der Waals surface area contributed by atoms with Gasteiger partial charge in [0.1, 0.15) is 29.5 Å². The number of Topliss-reactive ketones (excluding diaryl/α,β-unsaturated/α-hetero) is 1. The summed E-state index contributed by atoms with van der Waals surface area (Å²) in [5, 5.41) is 0. The van der Waals surface area contributed by atoms with Crippen molar-refractivity contribution in [2.75, 3.05) is 40.3 Å². The van der Waals surface area contributed by atoms with Crippen molar-refractivity contribution >= 4 is 11.9 Å². The average molecular weight is 484 g/mol. The fourth-order valence-corrected chi connectivity index (χ4v) is 3.66. The van der Waals surface area contributed by atoms with Gasteiger partial charge in [-0.05, 0) is 38.5 Å². The number of carbonyl (C=O) groups excluding carboxylic acids is 2. The van der Waals surface area contributed by atoms with E-state index in [9.17, 15) is 14.0 Å². The van der Waals surface area contributed by atoms with E-state index in [1.807, 2.05) is 70.1 Å². The van der Waals surface area contributed by atoms with Crippen molar-refractivity contribution in [1.82, 2.24) is 14.7 Å². The van der Waals surface area contributed by atoms with Gasteiger partial charge >= 0.3 is 6.09 Å². The summed E-state index contributed by atoms with van der Waals surface area (Å²) in [4.78, 5) is 31.5. The first-order valence-corrected chi connectivity index (χ1v) is 11.7. The lowest BCUT2D eigenvalue weighted by Gasteiger charge is -2.37. The van der Waals surface area contributed by atoms with Crippen LogP contribution in [0.4, 0.5) is 9.18 Å². The fourth-order valence-electron chi connectivity index (χ4n) is 3.66. The first-order chi connectivity index (χ1) is 16.5. The van der Waals surface area contributed by atoms with Gasteiger partial charge in [-0.15, -0.1) is 0 Å². The molecular formula is C27H34FN3O4. The number of hydrogen-bond acceptors (Lipinski definition) is 6. The van der Waals surface area contributed by atoms with Crippen molar-refractivity contribution in [3.05, 3.63) is 77.4 Å². The molecule has 1 fully saturated rings. The summed E-state index contributed by atoms with van der Waals surface area (Å²) >= 11 is 0. The second kappa shape index (κ2) is 11.3. The fraction of sp³-hybridized carbons (Fsp3) is 0.407. The number of rotatable bonds is 7. The minimum Gasteiger partial charge on any atom is -0.488 e. The quantitative estimate of drug-likeness (QED) is 0.426. The second-order valence-electron chi connectivity index (χ2n) is 9.68. The van der Waals surface area contributed by atoms with E-state index in [2.05, 4.69) is 0 Å². The molecule has 35 heavy (non-hydrogen) atoms. The summed E-state index contributed by atoms with van der Waals surface area (Å²) < 4.78 is 25.4. The first kappa shape index (κ1) is 26.1. The van der Waals surface area contributed by atoms with Gasteiger partial charge in [0.15, 0.2) is 0 Å². The molecule has 1 heterocycles. The second-order valence-corrected chi connectivity index (χ2v) is 9.68. The van der Waals surface area contributed by atoms with Crippen LogP contribution < -0.4 is 4.74 Å². The Balaban J connectivity index is 1.78. The van der Waals surface area contributed by atoms with Crippen LogP contribution in [0.15, 0.2) is 60.4 Å². The highest BCUT2D eigenvalue weighted by molar-refractivity contribution is 6.10. The molecule has 0 spiro atoms. The molecule has 1 aliphatic heterocycles. The Morgan fingerprint density at radius 3 is 2.23 bits per heavy atom. The largest absolute Gasteiger partial charge is 0.488 e. The lowest BCUT2D eigenvalue weighted by Crippen LogP contribution is -2.50. The molecule has 1 amide bonds. The molecule has 1 aliphatic rings. The maximum atomic E-state index is 14.1. The van der Waals surface area contributed by atoms with Crippen molar-refractivity contribution in [2.45, 2.75) is 33.0 Å². The molecule has 8 heteroatoms. The van der Waals surface area contributed by atoms with Crippen LogP contribution in [0.5, 0.6) is 5.75 Å². The summed E-state index contributed by atoms with van der Waals surface area (Å²) in [7, 11) is 3.67. The zero-order valence-corrected chi connectivity index (χ0v) is 21.1. The third kappa shape index (κ3) is 7.47. The van der Waals surface area contributed by atoms with Gasteiger partial charge < -0.3 is 24.2 Å². The number of allylic oxidation sites excluding steroid dienone is 1. The molecule has 0 atom stereocenters. The number of piperazine rings is 1. The van der Waals surface area contributed by atoms with Gasteiger partial charge in [0.2, 0.25) is 5.78 Å². The van der Waals surface area contributed by atoms with Gasteiger partial charge in [0.05, 0.1) is 5.56 Å². The molecule has 0 saturated carbocycles. The lowest BCUT2D eigenvalue weighted by molar-refractivity contribution is 0.0168. The predicted molar refractivity (Wildman–Crippen MR) is 133 cm³/mol. The summed E-state index contributed by atoms with van der Waals surface area (Å²) in [5.41, 5.74) is 1.08. The number of benzene rings is 2. The van der Waals surface area contributed by atoms with E-state index < -0.39 is 11.4 Å². The number of carbonyl (C=O) groups is 2. The van der Waals surface area contributed by atoms with Crippen LogP contribution in [0.25, 0.3) is 0 Å². The van der Waals surface area contributed by atoms with E-state index in [-0.39, 0.29) is 29.8 Å². The topological polar surface area (TPSA) is 62.3 Å². The Bertz CT molecular complexity index is 1060. The standard InChI is InChI=1S/C27H34FN3O4/c1-27(2,3)35-26(33)31-15-13-30(14-16-31)23(18-29(4)5)25(32)22-12-11-21(28)17-24(22)34-19-20-9-7-6-8-10-20/h6-12,17-18H,13-16,19H2,1-5H3. The number of amides is 1. The van der Waals surface area contributed by atoms with Gasteiger partial charge in [0, 0.05) is 52.5 Å². The Kier molecular flexibility index (Phi) is 8.38. The molecule has 3 rings (SSSR count). The van der Waals surface area contributed by atoms with E-state index in [1.54, 1.807) is 16.0 Å². The van der Waals surface area contributed by atoms with Gasteiger partial charge in [-0.25, -0.2) is 9.18 Å². The van der Waals surface area contributed by atoms with Crippen LogP contribution in [-0.2, 0) is 11.3 Å². The monoisotopic (exact) mass is 483 g/mol. The number of hydrogen-bond donors (Lipinski definition) is 0. The van der Waals surface area contributed by atoms with Crippen molar-refractivity contribution in [3.8, 4) is 5.75 Å². The number of ether oxygens (including phenoxy) is 2. The van der Waals surface area contributed by atoms with E-state index in [0.29, 0.717) is 31.9 Å². The Hall–Kier alpha value is -3.55. The molecule has 0 aliphatic carbocycles. The van der Waals surface area contributed by atoms with Gasteiger partial charge in [-0.3, -0.25) is 4.79 Å². The van der Waals surface area contributed by atoms with Crippen LogP contribution in [0.1, 0.15) is 36.7 Å². The summed E-state index contributed by atoms with van der Waals surface area (Å²) in [6.07, 6.45) is 1.38. The van der Waals surface area contributed by atoms with Crippen LogP contribution in [0.2, 0.25) is 0 Å². The predicted octanol–water partition coefficient (Wildman–Crippen LogP) is 4.54. The van der Waals surface area contributed by atoms with Crippen molar-refractivity contribution < 1.29 is 23.5 Å². The van der Waals surface area contributed by atoms with Crippen LogP contribution in [0, 0.1) is 5.82 Å². The molecule has 0 unspecified atom stereocenters. The summed E-state index contributed by atoms with van der Waals surface area (Å²) in [6.45, 7) is 7.49. The number of nitrogens with zero attached hydrogens (tertiary/aromatic N) is 3. The van der Waals surface area contributed by atoms with E-state index in [1.165, 1.54) is 18.2 Å². The minimum atomic E-state index is -0.571. The summed E-state index contributed by atoms with van der Waals surface area (Å²) in [5.74, 6) is -0.558. The van der Waals surface area contributed by atoms with Gasteiger partial charge in [-0.2, -0.15) is 0 Å². The van der Waals surface area contributed by atoms with Crippen LogP contribution >= 0.6 is 0 Å². The van der Waals surface area contributed by atoms with Crippen molar-refractivity contribution in [2.24, 2.45) is 0 Å². The molecule has 0 radical (unpaired) electrons. The third-order valence-electron chi connectivity index (χ3n) is 5.31. The Morgan fingerprint density at radius 1 is 1.00 bits per heavy atom. The summed E-state index contributed by atoms with van der Waals surface area (Å²) in [6, 6.07) is 13.5. The molecule has 1 saturated heterocycles. The minimum absolute atomic E-state index is 0.191. The SMILES string of the molecule is CN(C)C=C(C(=O)c1ccc(F)cc1OCc1ccccc1)N1CCN(C(=O)OC(C)(C)C)CC1. The number of ketones is 1. The molecule has 0 bridgehead atoms. The Morgan fingerprint density at radius 2 is 1.63 bits per heavy atom. The molecule has 2 aromatic carbocycles. The maximum absolute atomic E-state index is 14.1. The molecule has 0 N–H and O–H groups in total. The zero-order chi connectivity index (χ0) is 25.6. The number of halogens is 1. The lowest BCUT2D eigenvalue weighted by atomic mass is 10.1. The van der Waals surface area contributed by atoms with Crippen molar-refractivity contribution in [1.29, 1.82) is 0 Å². The van der Waals surface area contributed by atoms with E-state index in [0.717, 1.165) is 5.56 Å². The highest BCUT2D eigenvalue weighted by Gasteiger charge is 2.30. The first-order valence-electron chi connectivity index (χ1n) is 11.7. The molecular weight excluding hydrogens is 449 g/mol. The van der Waals surface area contributed by atoms with E-state index >= 15 is 0 Å². The average Bonchev–Trinajstić information content (AvgIpc) is 2.80. The maximum Gasteiger partial charge on any atom is 0.410 e. The smallest absolute Gasteiger partial charge is 0.410 e. The zero-order valence-electron chi connectivity index (χ0n) is 21.1. The van der Waals surface area contributed by atoms with Crippen LogP contribution in [0.3, 0.4) is 0 Å². The highest BCUT2D eigenvalue weighted by Crippen LogP contribution is 2.26. The highest BCUT2D eigenvalue weighted by atomic mass is 19.1. The Labute approximate surface area is 206 Å². The molecule has 0 aromatic heterocycles.